The normalized spacial score (nSPS) is 16.4. The highest BCUT2D eigenvalue weighted by atomic mass is 16.1. The predicted octanol–water partition coefficient (Wildman–Crippen LogP) is 1.15. The molecule has 0 aromatic carbocycles. The molecule has 112 valence electrons. The second-order valence-corrected chi connectivity index (χ2v) is 5.42. The Kier molecular flexibility index (Phi) is 4.52. The number of nitrogens with zero attached hydrogens (tertiary/aromatic N) is 3. The third kappa shape index (κ3) is 2.73. The topological polar surface area (TPSA) is 76.2 Å². The molecule has 1 fully saturated rings. The van der Waals surface area contributed by atoms with Gasteiger partial charge in [-0.3, -0.25) is 4.79 Å². The average molecular weight is 279 g/mol. The number of aryl methyl sites for hydroxylation is 2. The first-order valence-corrected chi connectivity index (χ1v) is 7.37. The Morgan fingerprint density at radius 3 is 2.65 bits per heavy atom. The zero-order chi connectivity index (χ0) is 14.7. The average Bonchev–Trinajstić information content (AvgIpc) is 2.74. The lowest BCUT2D eigenvalue weighted by atomic mass is 9.96. The third-order valence-corrected chi connectivity index (χ3v) is 3.99. The van der Waals surface area contributed by atoms with Crippen LogP contribution in [0.3, 0.4) is 0 Å². The maximum Gasteiger partial charge on any atom is 0.222 e. The van der Waals surface area contributed by atoms with Gasteiger partial charge in [0.2, 0.25) is 5.91 Å². The quantitative estimate of drug-likeness (QED) is 0.866. The lowest BCUT2D eigenvalue weighted by Crippen LogP contribution is -2.40. The number of nitrogens with two attached hydrogens (primary N) is 1. The molecular formula is C14H25N5O. The predicted molar refractivity (Wildman–Crippen MR) is 80.7 cm³/mol. The first kappa shape index (κ1) is 14.7. The standard InChI is InChI=1S/C14H25N5O/c1-4-7-19-14(12(15)10(2)17-19)18-8-5-11(6-9-18)13(20)16-3/h11H,4-9,15H2,1-3H3,(H,16,20). The van der Waals surface area contributed by atoms with Crippen molar-refractivity contribution in [3.63, 3.8) is 0 Å². The Balaban J connectivity index is 2.12. The second-order valence-electron chi connectivity index (χ2n) is 5.42. The van der Waals surface area contributed by atoms with E-state index in [-0.39, 0.29) is 11.8 Å². The Labute approximate surface area is 120 Å². The van der Waals surface area contributed by atoms with Gasteiger partial charge in [0.25, 0.3) is 0 Å². The summed E-state index contributed by atoms with van der Waals surface area (Å²) in [5.41, 5.74) is 7.85. The summed E-state index contributed by atoms with van der Waals surface area (Å²) in [6.07, 6.45) is 2.77. The van der Waals surface area contributed by atoms with Gasteiger partial charge in [-0.2, -0.15) is 5.10 Å². The number of carbonyl (C=O) groups excluding carboxylic acids is 1. The Morgan fingerprint density at radius 1 is 1.45 bits per heavy atom. The number of amides is 1. The number of anilines is 2. The molecule has 1 saturated heterocycles. The van der Waals surface area contributed by atoms with E-state index in [9.17, 15) is 4.79 Å². The van der Waals surface area contributed by atoms with Crippen molar-refractivity contribution >= 4 is 17.4 Å². The molecule has 0 spiro atoms. The van der Waals surface area contributed by atoms with E-state index in [0.29, 0.717) is 0 Å². The van der Waals surface area contributed by atoms with Crippen LogP contribution in [0.4, 0.5) is 11.5 Å². The summed E-state index contributed by atoms with van der Waals surface area (Å²) in [6, 6.07) is 0. The number of aromatic nitrogens is 2. The molecule has 1 aromatic heterocycles. The lowest BCUT2D eigenvalue weighted by Gasteiger charge is -2.33. The number of carbonyl (C=O) groups is 1. The molecule has 1 aliphatic rings. The van der Waals surface area contributed by atoms with Crippen LogP contribution in [-0.2, 0) is 11.3 Å². The number of hydrogen-bond donors (Lipinski definition) is 2. The molecule has 2 heterocycles. The van der Waals surface area contributed by atoms with E-state index in [1.165, 1.54) is 0 Å². The summed E-state index contributed by atoms with van der Waals surface area (Å²) in [4.78, 5) is 13.9. The lowest BCUT2D eigenvalue weighted by molar-refractivity contribution is -0.125. The molecule has 1 aromatic rings. The molecular weight excluding hydrogens is 254 g/mol. The van der Waals surface area contributed by atoms with Crippen molar-refractivity contribution in [2.75, 3.05) is 30.8 Å². The van der Waals surface area contributed by atoms with E-state index in [0.717, 1.165) is 56.1 Å². The molecule has 0 bridgehead atoms. The molecule has 20 heavy (non-hydrogen) atoms. The van der Waals surface area contributed by atoms with E-state index in [4.69, 9.17) is 5.73 Å². The van der Waals surface area contributed by atoms with Crippen LogP contribution in [0.15, 0.2) is 0 Å². The summed E-state index contributed by atoms with van der Waals surface area (Å²) in [6.45, 7) is 6.67. The minimum Gasteiger partial charge on any atom is -0.394 e. The fourth-order valence-electron chi connectivity index (χ4n) is 2.84. The fourth-order valence-corrected chi connectivity index (χ4v) is 2.84. The molecule has 0 aliphatic carbocycles. The van der Waals surface area contributed by atoms with Gasteiger partial charge in [0.15, 0.2) is 5.82 Å². The Bertz CT molecular complexity index is 474. The number of piperidine rings is 1. The van der Waals surface area contributed by atoms with E-state index in [2.05, 4.69) is 22.2 Å². The van der Waals surface area contributed by atoms with Crippen LogP contribution in [0.2, 0.25) is 0 Å². The van der Waals surface area contributed by atoms with E-state index >= 15 is 0 Å². The SMILES string of the molecule is CCCn1nc(C)c(N)c1N1CCC(C(=O)NC)CC1. The van der Waals surface area contributed by atoms with Gasteiger partial charge in [-0.05, 0) is 26.2 Å². The highest BCUT2D eigenvalue weighted by molar-refractivity contribution is 5.78. The van der Waals surface area contributed by atoms with E-state index < -0.39 is 0 Å². The molecule has 0 radical (unpaired) electrons. The zero-order valence-corrected chi connectivity index (χ0v) is 12.6. The molecule has 0 saturated carbocycles. The monoisotopic (exact) mass is 279 g/mol. The number of hydrogen-bond acceptors (Lipinski definition) is 4. The van der Waals surface area contributed by atoms with Crippen LogP contribution >= 0.6 is 0 Å². The van der Waals surface area contributed by atoms with Gasteiger partial charge in [0.1, 0.15) is 0 Å². The van der Waals surface area contributed by atoms with Gasteiger partial charge >= 0.3 is 0 Å². The number of rotatable bonds is 4. The molecule has 0 atom stereocenters. The summed E-state index contributed by atoms with van der Waals surface area (Å²) in [5, 5.41) is 7.25. The summed E-state index contributed by atoms with van der Waals surface area (Å²) < 4.78 is 2.00. The van der Waals surface area contributed by atoms with Crippen molar-refractivity contribution < 1.29 is 4.79 Å². The summed E-state index contributed by atoms with van der Waals surface area (Å²) >= 11 is 0. The van der Waals surface area contributed by atoms with Crippen molar-refractivity contribution in [3.8, 4) is 0 Å². The molecule has 2 rings (SSSR count). The maximum atomic E-state index is 11.7. The highest BCUT2D eigenvalue weighted by Crippen LogP contribution is 2.30. The largest absolute Gasteiger partial charge is 0.394 e. The van der Waals surface area contributed by atoms with Crippen LogP contribution in [0.25, 0.3) is 0 Å². The molecule has 1 amide bonds. The van der Waals surface area contributed by atoms with Gasteiger partial charge < -0.3 is 16.0 Å². The Morgan fingerprint density at radius 2 is 2.10 bits per heavy atom. The molecule has 6 heteroatoms. The third-order valence-electron chi connectivity index (χ3n) is 3.99. The molecule has 3 N–H and O–H groups in total. The van der Waals surface area contributed by atoms with Crippen molar-refractivity contribution in [2.45, 2.75) is 39.7 Å². The van der Waals surface area contributed by atoms with Crippen LogP contribution < -0.4 is 16.0 Å². The van der Waals surface area contributed by atoms with Crippen LogP contribution in [0.5, 0.6) is 0 Å². The van der Waals surface area contributed by atoms with Crippen molar-refractivity contribution in [1.82, 2.24) is 15.1 Å². The first-order chi connectivity index (χ1) is 9.58. The van der Waals surface area contributed by atoms with Crippen molar-refractivity contribution in [2.24, 2.45) is 5.92 Å². The van der Waals surface area contributed by atoms with E-state index in [1.54, 1.807) is 7.05 Å². The van der Waals surface area contributed by atoms with Gasteiger partial charge in [-0.1, -0.05) is 6.92 Å². The van der Waals surface area contributed by atoms with Crippen LogP contribution in [0, 0.1) is 12.8 Å². The zero-order valence-electron chi connectivity index (χ0n) is 12.6. The van der Waals surface area contributed by atoms with Crippen LogP contribution in [0.1, 0.15) is 31.9 Å². The second kappa shape index (κ2) is 6.15. The van der Waals surface area contributed by atoms with Gasteiger partial charge in [-0.15, -0.1) is 0 Å². The van der Waals surface area contributed by atoms with Gasteiger partial charge in [-0.25, -0.2) is 4.68 Å². The van der Waals surface area contributed by atoms with Crippen LogP contribution in [-0.4, -0.2) is 35.8 Å². The van der Waals surface area contributed by atoms with Gasteiger partial charge in [0, 0.05) is 32.6 Å². The minimum atomic E-state index is 0.126. The fraction of sp³-hybridized carbons (Fsp3) is 0.714. The summed E-state index contributed by atoms with van der Waals surface area (Å²) in [5.74, 6) is 1.30. The first-order valence-electron chi connectivity index (χ1n) is 7.37. The van der Waals surface area contributed by atoms with Gasteiger partial charge in [0.05, 0.1) is 11.4 Å². The molecule has 6 nitrogen and oxygen atoms in total. The highest BCUT2D eigenvalue weighted by Gasteiger charge is 2.27. The molecule has 1 aliphatic heterocycles. The van der Waals surface area contributed by atoms with Crippen molar-refractivity contribution in [1.29, 1.82) is 0 Å². The van der Waals surface area contributed by atoms with Crippen molar-refractivity contribution in [3.05, 3.63) is 5.69 Å². The smallest absolute Gasteiger partial charge is 0.222 e. The minimum absolute atomic E-state index is 0.126. The Hall–Kier alpha value is -1.72. The number of nitrogens with one attached hydrogen (secondary N) is 1. The number of nitrogen functional groups attached to an aromatic ring is 1. The molecule has 0 unspecified atom stereocenters. The van der Waals surface area contributed by atoms with E-state index in [1.807, 2.05) is 11.6 Å². The maximum absolute atomic E-state index is 11.7. The summed E-state index contributed by atoms with van der Waals surface area (Å²) in [7, 11) is 1.70.